The first-order valence-electron chi connectivity index (χ1n) is 6.99. The van der Waals surface area contributed by atoms with Crippen molar-refractivity contribution in [3.05, 3.63) is 23.8 Å². The Labute approximate surface area is 120 Å². The van der Waals surface area contributed by atoms with Crippen LogP contribution in [0, 0.1) is 0 Å². The molecular weight excluding hydrogens is 254 g/mol. The number of carbonyl (C=O) groups excluding carboxylic acids is 1. The van der Waals surface area contributed by atoms with Crippen molar-refractivity contribution in [3.8, 4) is 11.5 Å². The Hall–Kier alpha value is -1.55. The highest BCUT2D eigenvalue weighted by molar-refractivity contribution is 6.05. The predicted molar refractivity (Wildman–Crippen MR) is 78.8 cm³/mol. The molecule has 0 N–H and O–H groups in total. The van der Waals surface area contributed by atoms with Gasteiger partial charge in [-0.05, 0) is 39.1 Å². The topological polar surface area (TPSA) is 38.8 Å². The van der Waals surface area contributed by atoms with E-state index in [1.807, 2.05) is 26.2 Å². The normalized spacial score (nSPS) is 17.2. The molecule has 0 atom stereocenters. The molecule has 1 aromatic rings. The molecule has 1 aromatic carbocycles. The van der Waals surface area contributed by atoms with Gasteiger partial charge >= 0.3 is 0 Å². The fourth-order valence-electron chi connectivity index (χ4n) is 3.07. The van der Waals surface area contributed by atoms with Crippen molar-refractivity contribution < 1.29 is 14.3 Å². The van der Waals surface area contributed by atoms with Crippen molar-refractivity contribution >= 4 is 5.78 Å². The Balaban J connectivity index is 2.42. The predicted octanol–water partition coefficient (Wildman–Crippen LogP) is 2.76. The van der Waals surface area contributed by atoms with E-state index in [9.17, 15) is 4.79 Å². The van der Waals surface area contributed by atoms with Gasteiger partial charge < -0.3 is 9.47 Å². The quantitative estimate of drug-likeness (QED) is 0.776. The van der Waals surface area contributed by atoms with Gasteiger partial charge in [0.05, 0.1) is 25.3 Å². The van der Waals surface area contributed by atoms with Crippen LogP contribution in [0.25, 0.3) is 0 Å². The summed E-state index contributed by atoms with van der Waals surface area (Å²) < 4.78 is 10.6. The minimum absolute atomic E-state index is 0.152. The Morgan fingerprint density at radius 2 is 1.80 bits per heavy atom. The lowest BCUT2D eigenvalue weighted by atomic mass is 9.86. The minimum Gasteiger partial charge on any atom is -0.497 e. The fraction of sp³-hybridized carbons (Fsp3) is 0.562. The highest BCUT2D eigenvalue weighted by Crippen LogP contribution is 2.39. The number of ether oxygens (including phenoxy) is 2. The van der Waals surface area contributed by atoms with E-state index >= 15 is 0 Å². The van der Waals surface area contributed by atoms with E-state index in [4.69, 9.17) is 9.47 Å². The van der Waals surface area contributed by atoms with E-state index in [0.29, 0.717) is 17.1 Å². The zero-order valence-corrected chi connectivity index (χ0v) is 12.7. The molecular formula is C16H23NO3. The molecule has 0 radical (unpaired) electrons. The lowest BCUT2D eigenvalue weighted by Gasteiger charge is -2.35. The molecule has 4 heteroatoms. The van der Waals surface area contributed by atoms with Crippen molar-refractivity contribution in [2.24, 2.45) is 0 Å². The second-order valence-corrected chi connectivity index (χ2v) is 5.53. The van der Waals surface area contributed by atoms with E-state index in [1.54, 1.807) is 20.3 Å². The molecule has 20 heavy (non-hydrogen) atoms. The summed E-state index contributed by atoms with van der Waals surface area (Å²) in [6.45, 7) is 0. The van der Waals surface area contributed by atoms with Gasteiger partial charge in [-0.1, -0.05) is 12.8 Å². The molecule has 1 fully saturated rings. The zero-order valence-electron chi connectivity index (χ0n) is 12.7. The SMILES string of the molecule is COc1ccc(C(=O)C2(N(C)C)CCCC2)c(OC)c1. The highest BCUT2D eigenvalue weighted by Gasteiger charge is 2.44. The van der Waals surface area contributed by atoms with Crippen molar-refractivity contribution in [2.75, 3.05) is 28.3 Å². The van der Waals surface area contributed by atoms with E-state index in [2.05, 4.69) is 4.90 Å². The van der Waals surface area contributed by atoms with Gasteiger partial charge in [0.1, 0.15) is 11.5 Å². The van der Waals surface area contributed by atoms with Crippen LogP contribution in [0.1, 0.15) is 36.0 Å². The van der Waals surface area contributed by atoms with Crippen LogP contribution in [0.4, 0.5) is 0 Å². The Morgan fingerprint density at radius 1 is 1.15 bits per heavy atom. The third-order valence-electron chi connectivity index (χ3n) is 4.36. The maximum Gasteiger partial charge on any atom is 0.186 e. The summed E-state index contributed by atoms with van der Waals surface area (Å²) in [6, 6.07) is 5.39. The maximum absolute atomic E-state index is 13.0. The molecule has 0 unspecified atom stereocenters. The molecule has 2 rings (SSSR count). The van der Waals surface area contributed by atoms with Crippen LogP contribution in [0.5, 0.6) is 11.5 Å². The van der Waals surface area contributed by atoms with Crippen molar-refractivity contribution in [2.45, 2.75) is 31.2 Å². The lowest BCUT2D eigenvalue weighted by molar-refractivity contribution is 0.0690. The second-order valence-electron chi connectivity index (χ2n) is 5.53. The fourth-order valence-corrected chi connectivity index (χ4v) is 3.07. The van der Waals surface area contributed by atoms with Gasteiger partial charge in [0.2, 0.25) is 0 Å². The van der Waals surface area contributed by atoms with Crippen molar-refractivity contribution in [1.82, 2.24) is 4.90 Å². The number of carbonyl (C=O) groups is 1. The van der Waals surface area contributed by atoms with Gasteiger partial charge in [0.25, 0.3) is 0 Å². The number of nitrogens with zero attached hydrogens (tertiary/aromatic N) is 1. The van der Waals surface area contributed by atoms with E-state index in [0.717, 1.165) is 25.7 Å². The van der Waals surface area contributed by atoms with Gasteiger partial charge in [-0.3, -0.25) is 9.69 Å². The Bertz CT molecular complexity index is 490. The number of ketones is 1. The van der Waals surface area contributed by atoms with Crippen LogP contribution in [0.2, 0.25) is 0 Å². The van der Waals surface area contributed by atoms with Crippen molar-refractivity contribution in [1.29, 1.82) is 0 Å². The highest BCUT2D eigenvalue weighted by atomic mass is 16.5. The van der Waals surface area contributed by atoms with Gasteiger partial charge in [-0.2, -0.15) is 0 Å². The molecule has 0 amide bonds. The molecule has 1 aliphatic rings. The average Bonchev–Trinajstić information content (AvgIpc) is 2.96. The molecule has 1 saturated carbocycles. The van der Waals surface area contributed by atoms with Crippen LogP contribution < -0.4 is 9.47 Å². The Kier molecular flexibility index (Phi) is 4.33. The largest absolute Gasteiger partial charge is 0.497 e. The second kappa shape index (κ2) is 5.83. The standard InChI is InChI=1S/C16H23NO3/c1-17(2)16(9-5-6-10-16)15(18)13-8-7-12(19-3)11-14(13)20-4/h7-8,11H,5-6,9-10H2,1-4H3. The summed E-state index contributed by atoms with van der Waals surface area (Å²) in [7, 11) is 7.16. The van der Waals surface area contributed by atoms with Crippen LogP contribution in [0.15, 0.2) is 18.2 Å². The molecule has 4 nitrogen and oxygen atoms in total. The first kappa shape index (κ1) is 14.9. The zero-order chi connectivity index (χ0) is 14.8. The third kappa shape index (κ3) is 2.40. The summed E-state index contributed by atoms with van der Waals surface area (Å²) in [5.74, 6) is 1.44. The molecule has 0 saturated heterocycles. The van der Waals surface area contributed by atoms with E-state index < -0.39 is 0 Å². The molecule has 1 aliphatic carbocycles. The first-order chi connectivity index (χ1) is 9.55. The molecule has 110 valence electrons. The van der Waals surface area contributed by atoms with Gasteiger partial charge in [0, 0.05) is 6.07 Å². The van der Waals surface area contributed by atoms with Gasteiger partial charge in [-0.25, -0.2) is 0 Å². The summed E-state index contributed by atoms with van der Waals surface area (Å²) >= 11 is 0. The van der Waals surface area contributed by atoms with Crippen LogP contribution in [-0.4, -0.2) is 44.5 Å². The molecule has 0 heterocycles. The van der Waals surface area contributed by atoms with Gasteiger partial charge in [0.15, 0.2) is 5.78 Å². The smallest absolute Gasteiger partial charge is 0.186 e. The monoisotopic (exact) mass is 277 g/mol. The number of likely N-dealkylation sites (N-methyl/N-ethyl adjacent to an activating group) is 1. The van der Waals surface area contributed by atoms with Gasteiger partial charge in [-0.15, -0.1) is 0 Å². The molecule has 0 bridgehead atoms. The number of rotatable bonds is 5. The average molecular weight is 277 g/mol. The van der Waals surface area contributed by atoms with Crippen LogP contribution in [-0.2, 0) is 0 Å². The number of hydrogen-bond acceptors (Lipinski definition) is 4. The minimum atomic E-state index is -0.387. The van der Waals surface area contributed by atoms with E-state index in [-0.39, 0.29) is 11.3 Å². The van der Waals surface area contributed by atoms with E-state index in [1.165, 1.54) is 0 Å². The third-order valence-corrected chi connectivity index (χ3v) is 4.36. The maximum atomic E-state index is 13.0. The molecule has 0 aromatic heterocycles. The summed E-state index contributed by atoms with van der Waals surface area (Å²) in [5.41, 5.74) is 0.255. The molecule has 0 aliphatic heterocycles. The van der Waals surface area contributed by atoms with Crippen molar-refractivity contribution in [3.63, 3.8) is 0 Å². The lowest BCUT2D eigenvalue weighted by Crippen LogP contribution is -2.49. The van der Waals surface area contributed by atoms with Crippen LogP contribution in [0.3, 0.4) is 0 Å². The summed E-state index contributed by atoms with van der Waals surface area (Å²) in [6.07, 6.45) is 4.02. The summed E-state index contributed by atoms with van der Waals surface area (Å²) in [5, 5.41) is 0. The Morgan fingerprint density at radius 3 is 2.30 bits per heavy atom. The summed E-state index contributed by atoms with van der Waals surface area (Å²) in [4.78, 5) is 15.1. The number of Topliss-reactive ketones (excluding diaryl/α,β-unsaturated/α-hetero) is 1. The number of hydrogen-bond donors (Lipinski definition) is 0. The molecule has 0 spiro atoms. The number of benzene rings is 1. The number of methoxy groups -OCH3 is 2. The van der Waals surface area contributed by atoms with Crippen LogP contribution >= 0.6 is 0 Å². The first-order valence-corrected chi connectivity index (χ1v) is 6.99.